The summed E-state index contributed by atoms with van der Waals surface area (Å²) >= 11 is 3.53. The van der Waals surface area contributed by atoms with Crippen LogP contribution in [0, 0.1) is 11.8 Å². The van der Waals surface area contributed by atoms with Crippen molar-refractivity contribution >= 4 is 21.6 Å². The highest BCUT2D eigenvalue weighted by Gasteiger charge is 2.12. The van der Waals surface area contributed by atoms with Crippen LogP contribution in [0.2, 0.25) is 0 Å². The molecule has 1 aliphatic heterocycles. The van der Waals surface area contributed by atoms with Gasteiger partial charge in [0.15, 0.2) is 0 Å². The van der Waals surface area contributed by atoms with E-state index in [-0.39, 0.29) is 6.61 Å². The Labute approximate surface area is 111 Å². The van der Waals surface area contributed by atoms with E-state index < -0.39 is 0 Å². The van der Waals surface area contributed by atoms with E-state index in [1.807, 2.05) is 0 Å². The summed E-state index contributed by atoms with van der Waals surface area (Å²) in [5, 5.41) is 12.1. The van der Waals surface area contributed by atoms with Gasteiger partial charge in [0.1, 0.15) is 0 Å². The molecule has 0 radical (unpaired) electrons. The van der Waals surface area contributed by atoms with Crippen molar-refractivity contribution in [3.8, 4) is 11.8 Å². The summed E-state index contributed by atoms with van der Waals surface area (Å²) in [6.45, 7) is 1.24. The highest BCUT2D eigenvalue weighted by atomic mass is 79.9. The molecule has 0 saturated heterocycles. The van der Waals surface area contributed by atoms with Crippen molar-refractivity contribution in [1.29, 1.82) is 0 Å². The Hall–Kier alpha value is -0.980. The van der Waals surface area contributed by atoms with E-state index in [1.54, 1.807) is 0 Å². The minimum atomic E-state index is 0.212. The van der Waals surface area contributed by atoms with E-state index in [0.717, 1.165) is 35.8 Å². The summed E-state index contributed by atoms with van der Waals surface area (Å²) in [4.78, 5) is 0. The molecule has 0 saturated carbocycles. The van der Waals surface area contributed by atoms with Crippen LogP contribution in [0.1, 0.15) is 30.4 Å². The maximum atomic E-state index is 8.71. The molecule has 17 heavy (non-hydrogen) atoms. The fourth-order valence-corrected chi connectivity index (χ4v) is 2.49. The highest BCUT2D eigenvalue weighted by Crippen LogP contribution is 2.29. The molecule has 1 aromatic carbocycles. The summed E-state index contributed by atoms with van der Waals surface area (Å²) in [5.74, 6) is 6.30. The first kappa shape index (κ1) is 12.5. The second-order valence-corrected chi connectivity index (χ2v) is 5.06. The van der Waals surface area contributed by atoms with Gasteiger partial charge in [-0.1, -0.05) is 27.8 Å². The molecule has 1 aromatic rings. The molecule has 90 valence electrons. The average molecular weight is 294 g/mol. The maximum absolute atomic E-state index is 8.71. The number of hydrogen-bond donors (Lipinski definition) is 2. The molecule has 0 atom stereocenters. The maximum Gasteiger partial charge on any atom is 0.0532 e. The van der Waals surface area contributed by atoms with Crippen LogP contribution in [0.5, 0.6) is 0 Å². The molecule has 0 amide bonds. The lowest BCUT2D eigenvalue weighted by molar-refractivity contribution is 0.290. The minimum absolute atomic E-state index is 0.212. The van der Waals surface area contributed by atoms with Crippen molar-refractivity contribution in [2.24, 2.45) is 0 Å². The largest absolute Gasteiger partial charge is 0.396 e. The average Bonchev–Trinajstić information content (AvgIpc) is 2.34. The van der Waals surface area contributed by atoms with Crippen molar-refractivity contribution in [2.45, 2.75) is 25.7 Å². The zero-order valence-corrected chi connectivity index (χ0v) is 11.3. The molecule has 1 aliphatic rings. The number of halogens is 1. The monoisotopic (exact) mass is 293 g/mol. The van der Waals surface area contributed by atoms with Gasteiger partial charge in [-0.25, -0.2) is 0 Å². The third-order valence-electron chi connectivity index (χ3n) is 2.79. The number of fused-ring (bicyclic) bond motifs is 1. The van der Waals surface area contributed by atoms with Crippen LogP contribution >= 0.6 is 15.9 Å². The standard InChI is InChI=1S/C14H16BrNO/c15-13-9-11(5-2-1-3-8-17)14-12(10-13)6-4-7-16-14/h9-10,16-17H,1,3-4,6-8H2. The Balaban J connectivity index is 2.25. The second kappa shape index (κ2) is 6.09. The van der Waals surface area contributed by atoms with Crippen molar-refractivity contribution in [2.75, 3.05) is 18.5 Å². The van der Waals surface area contributed by atoms with Crippen LogP contribution in [0.4, 0.5) is 5.69 Å². The minimum Gasteiger partial charge on any atom is -0.396 e. The zero-order chi connectivity index (χ0) is 12.1. The first-order chi connectivity index (χ1) is 8.31. The lowest BCUT2D eigenvalue weighted by Crippen LogP contribution is -2.13. The van der Waals surface area contributed by atoms with E-state index in [1.165, 1.54) is 17.7 Å². The molecule has 0 aromatic heterocycles. The topological polar surface area (TPSA) is 32.3 Å². The lowest BCUT2D eigenvalue weighted by Gasteiger charge is -2.19. The van der Waals surface area contributed by atoms with Gasteiger partial charge in [0.05, 0.1) is 5.69 Å². The van der Waals surface area contributed by atoms with E-state index in [0.29, 0.717) is 0 Å². The van der Waals surface area contributed by atoms with Crippen LogP contribution in [-0.2, 0) is 6.42 Å². The molecular weight excluding hydrogens is 278 g/mol. The van der Waals surface area contributed by atoms with Crippen LogP contribution in [0.25, 0.3) is 0 Å². The van der Waals surface area contributed by atoms with Crippen molar-refractivity contribution in [3.63, 3.8) is 0 Å². The molecule has 0 unspecified atom stereocenters. The molecular formula is C14H16BrNO. The molecule has 0 fully saturated rings. The molecule has 0 spiro atoms. The summed E-state index contributed by atoms with van der Waals surface area (Å²) in [7, 11) is 0. The SMILES string of the molecule is OCCCC#Cc1cc(Br)cc2c1NCCC2. The van der Waals surface area contributed by atoms with Crippen LogP contribution in [-0.4, -0.2) is 18.3 Å². The Morgan fingerprint density at radius 1 is 1.41 bits per heavy atom. The first-order valence-electron chi connectivity index (χ1n) is 5.97. The fraction of sp³-hybridized carbons (Fsp3) is 0.429. The molecule has 2 nitrogen and oxygen atoms in total. The van der Waals surface area contributed by atoms with Crippen molar-refractivity contribution in [1.82, 2.24) is 0 Å². The molecule has 3 heteroatoms. The van der Waals surface area contributed by atoms with Gasteiger partial charge in [0, 0.05) is 29.6 Å². The predicted octanol–water partition coefficient (Wildman–Crippen LogP) is 2.93. The molecule has 2 N–H and O–H groups in total. The van der Waals surface area contributed by atoms with E-state index >= 15 is 0 Å². The van der Waals surface area contributed by atoms with Crippen molar-refractivity contribution in [3.05, 3.63) is 27.7 Å². The van der Waals surface area contributed by atoms with Gasteiger partial charge in [-0.15, -0.1) is 0 Å². The van der Waals surface area contributed by atoms with Gasteiger partial charge in [-0.3, -0.25) is 0 Å². The van der Waals surface area contributed by atoms with Gasteiger partial charge >= 0.3 is 0 Å². The molecule has 2 rings (SSSR count). The number of unbranched alkanes of at least 4 members (excludes halogenated alkanes) is 1. The predicted molar refractivity (Wildman–Crippen MR) is 74.2 cm³/mol. The number of aliphatic hydroxyl groups excluding tert-OH is 1. The molecule has 0 aliphatic carbocycles. The second-order valence-electron chi connectivity index (χ2n) is 4.15. The van der Waals surface area contributed by atoms with E-state index in [9.17, 15) is 0 Å². The highest BCUT2D eigenvalue weighted by molar-refractivity contribution is 9.10. The Morgan fingerprint density at radius 2 is 2.29 bits per heavy atom. The fourth-order valence-electron chi connectivity index (χ4n) is 1.99. The van der Waals surface area contributed by atoms with Gasteiger partial charge < -0.3 is 10.4 Å². The first-order valence-corrected chi connectivity index (χ1v) is 6.76. The van der Waals surface area contributed by atoms with Gasteiger partial charge in [-0.05, 0) is 37.0 Å². The number of aliphatic hydroxyl groups is 1. The molecule has 0 bridgehead atoms. The molecule has 1 heterocycles. The van der Waals surface area contributed by atoms with Gasteiger partial charge in [-0.2, -0.15) is 0 Å². The van der Waals surface area contributed by atoms with Crippen molar-refractivity contribution < 1.29 is 5.11 Å². The normalized spacial score (nSPS) is 13.3. The Bertz CT molecular complexity index is 459. The number of hydrogen-bond acceptors (Lipinski definition) is 2. The zero-order valence-electron chi connectivity index (χ0n) is 9.72. The van der Waals surface area contributed by atoms with Crippen LogP contribution < -0.4 is 5.32 Å². The van der Waals surface area contributed by atoms with E-state index in [2.05, 4.69) is 45.2 Å². The Kier molecular flexibility index (Phi) is 4.47. The number of nitrogens with one attached hydrogen (secondary N) is 1. The van der Waals surface area contributed by atoms with Crippen LogP contribution in [0.15, 0.2) is 16.6 Å². The number of anilines is 1. The Morgan fingerprint density at radius 3 is 3.12 bits per heavy atom. The number of benzene rings is 1. The quantitative estimate of drug-likeness (QED) is 0.649. The smallest absolute Gasteiger partial charge is 0.0532 e. The summed E-state index contributed by atoms with van der Waals surface area (Å²) in [6.07, 6.45) is 3.79. The lowest BCUT2D eigenvalue weighted by atomic mass is 9.99. The van der Waals surface area contributed by atoms with Gasteiger partial charge in [0.2, 0.25) is 0 Å². The summed E-state index contributed by atoms with van der Waals surface area (Å²) < 4.78 is 1.09. The van der Waals surface area contributed by atoms with Gasteiger partial charge in [0.25, 0.3) is 0 Å². The summed E-state index contributed by atoms with van der Waals surface area (Å²) in [6, 6.07) is 4.23. The van der Waals surface area contributed by atoms with E-state index in [4.69, 9.17) is 5.11 Å². The summed E-state index contributed by atoms with van der Waals surface area (Å²) in [5.41, 5.74) is 3.60. The number of rotatable bonds is 2. The third kappa shape index (κ3) is 3.24. The van der Waals surface area contributed by atoms with Crippen LogP contribution in [0.3, 0.4) is 0 Å². The third-order valence-corrected chi connectivity index (χ3v) is 3.25. The number of aryl methyl sites for hydroxylation is 1.